The van der Waals surface area contributed by atoms with Crippen LogP contribution in [0.25, 0.3) is 0 Å². The van der Waals surface area contributed by atoms with E-state index in [4.69, 9.17) is 9.47 Å². The maximum atomic E-state index is 14.0. The molecule has 1 aliphatic heterocycles. The second-order valence-corrected chi connectivity index (χ2v) is 9.24. The van der Waals surface area contributed by atoms with E-state index in [1.165, 1.54) is 0 Å². The molecule has 35 heavy (non-hydrogen) atoms. The first kappa shape index (κ1) is 24.6. The third-order valence-corrected chi connectivity index (χ3v) is 6.99. The number of hydrogen-bond donors (Lipinski definition) is 0. The molecule has 0 spiro atoms. The van der Waals surface area contributed by atoms with E-state index in [-0.39, 0.29) is 25.2 Å². The summed E-state index contributed by atoms with van der Waals surface area (Å²) in [6, 6.07) is 26.2. The van der Waals surface area contributed by atoms with Crippen molar-refractivity contribution in [3.8, 4) is 0 Å². The van der Waals surface area contributed by atoms with Gasteiger partial charge < -0.3 is 19.1 Å². The molecule has 3 aromatic carbocycles. The minimum atomic E-state index is -2.14. The summed E-state index contributed by atoms with van der Waals surface area (Å²) in [4.78, 5) is 25.5. The van der Waals surface area contributed by atoms with Gasteiger partial charge in [-0.25, -0.2) is 4.79 Å². The maximum absolute atomic E-state index is 14.0. The SMILES string of the molecule is C[N+]1(CCOC(=O)c2ccccc2)CCC[C@@H]1COC(=O)C([O-])(c1ccccc1)c1ccccc1. The number of likely N-dealkylation sites (tertiary alicyclic amines) is 1. The van der Waals surface area contributed by atoms with Crippen LogP contribution in [0.4, 0.5) is 0 Å². The fourth-order valence-electron chi connectivity index (χ4n) is 4.77. The second-order valence-electron chi connectivity index (χ2n) is 9.24. The number of hydrogen-bond acceptors (Lipinski definition) is 5. The highest BCUT2D eigenvalue weighted by molar-refractivity contribution is 5.89. The number of carbonyl (C=O) groups excluding carboxylic acids is 2. The fourth-order valence-corrected chi connectivity index (χ4v) is 4.77. The van der Waals surface area contributed by atoms with Gasteiger partial charge in [-0.1, -0.05) is 78.9 Å². The summed E-state index contributed by atoms with van der Waals surface area (Å²) in [6.45, 7) is 1.92. The normalized spacial score (nSPS) is 19.8. The lowest BCUT2D eigenvalue weighted by molar-refractivity contribution is -0.921. The van der Waals surface area contributed by atoms with Gasteiger partial charge in [0.1, 0.15) is 25.8 Å². The van der Waals surface area contributed by atoms with E-state index in [0.717, 1.165) is 19.4 Å². The van der Waals surface area contributed by atoms with Gasteiger partial charge in [-0.2, -0.15) is 0 Å². The van der Waals surface area contributed by atoms with Crippen LogP contribution in [0.1, 0.15) is 34.3 Å². The molecule has 0 saturated carbocycles. The van der Waals surface area contributed by atoms with Crippen molar-refractivity contribution in [1.29, 1.82) is 0 Å². The van der Waals surface area contributed by atoms with E-state index in [1.54, 1.807) is 72.8 Å². The number of ether oxygens (including phenoxy) is 2. The summed E-state index contributed by atoms with van der Waals surface area (Å²) in [7, 11) is 2.08. The molecule has 1 fully saturated rings. The summed E-state index contributed by atoms with van der Waals surface area (Å²) in [5.74, 6) is -1.15. The van der Waals surface area contributed by atoms with Gasteiger partial charge in [-0.05, 0) is 23.3 Å². The molecule has 4 rings (SSSR count). The van der Waals surface area contributed by atoms with Crippen LogP contribution in [-0.2, 0) is 19.9 Å². The third-order valence-electron chi connectivity index (χ3n) is 6.99. The Hall–Kier alpha value is -3.48. The van der Waals surface area contributed by atoms with Crippen LogP contribution in [0.2, 0.25) is 0 Å². The highest BCUT2D eigenvalue weighted by atomic mass is 16.6. The number of rotatable bonds is 9. The first-order chi connectivity index (χ1) is 16.9. The Labute approximate surface area is 206 Å². The Morgan fingerprint density at radius 3 is 2.00 bits per heavy atom. The number of likely N-dealkylation sites (N-methyl/N-ethyl adjacent to an activating group) is 1. The summed E-state index contributed by atoms with van der Waals surface area (Å²) in [5.41, 5.74) is -0.911. The van der Waals surface area contributed by atoms with Crippen LogP contribution < -0.4 is 5.11 Å². The standard InChI is InChI=1S/C29H31NO5/c1-30(20-21-34-27(31)23-12-5-2-6-13-23)19-11-18-26(30)22-35-28(32)29(33,24-14-7-3-8-15-24)25-16-9-4-10-17-25/h2-10,12-17,26H,11,18-22H2,1H3/t26-,30?/m1/s1. The molecule has 1 unspecified atom stereocenters. The van der Waals surface area contributed by atoms with E-state index in [0.29, 0.717) is 27.7 Å². The molecule has 1 aliphatic rings. The highest BCUT2D eigenvalue weighted by Crippen LogP contribution is 2.30. The van der Waals surface area contributed by atoms with Crippen LogP contribution in [-0.4, -0.2) is 55.8 Å². The molecule has 0 bridgehead atoms. The van der Waals surface area contributed by atoms with E-state index in [1.807, 2.05) is 18.2 Å². The third kappa shape index (κ3) is 5.45. The van der Waals surface area contributed by atoms with Gasteiger partial charge in [-0.3, -0.25) is 4.79 Å². The zero-order valence-electron chi connectivity index (χ0n) is 20.0. The molecule has 1 heterocycles. The number of benzene rings is 3. The van der Waals surface area contributed by atoms with Crippen LogP contribution in [0.3, 0.4) is 0 Å². The summed E-state index contributed by atoms with van der Waals surface area (Å²) >= 11 is 0. The number of quaternary nitrogens is 1. The Morgan fingerprint density at radius 2 is 1.43 bits per heavy atom. The lowest BCUT2D eigenvalue weighted by atomic mass is 9.86. The molecular weight excluding hydrogens is 442 g/mol. The maximum Gasteiger partial charge on any atom is 0.338 e. The van der Waals surface area contributed by atoms with Gasteiger partial charge >= 0.3 is 11.9 Å². The lowest BCUT2D eigenvalue weighted by Gasteiger charge is -2.40. The zero-order chi connectivity index (χ0) is 24.7. The van der Waals surface area contributed by atoms with Crippen LogP contribution in [0, 0.1) is 0 Å². The van der Waals surface area contributed by atoms with Crippen molar-refractivity contribution in [1.82, 2.24) is 0 Å². The number of esters is 2. The molecular formula is C29H31NO5. The summed E-state index contributed by atoms with van der Waals surface area (Å²) in [6.07, 6.45) is 1.85. The fraction of sp³-hybridized carbons (Fsp3) is 0.310. The molecule has 0 aromatic heterocycles. The quantitative estimate of drug-likeness (QED) is 0.352. The van der Waals surface area contributed by atoms with Gasteiger partial charge in [0, 0.05) is 18.4 Å². The first-order valence-corrected chi connectivity index (χ1v) is 12.0. The van der Waals surface area contributed by atoms with Crippen LogP contribution in [0.15, 0.2) is 91.0 Å². The second kappa shape index (κ2) is 10.8. The molecule has 0 amide bonds. The average molecular weight is 474 g/mol. The van der Waals surface area contributed by atoms with Gasteiger partial charge in [0.25, 0.3) is 0 Å². The number of carbonyl (C=O) groups is 2. The van der Waals surface area contributed by atoms with E-state index >= 15 is 0 Å². The van der Waals surface area contributed by atoms with E-state index in [9.17, 15) is 14.7 Å². The predicted octanol–water partition coefficient (Wildman–Crippen LogP) is 3.30. The van der Waals surface area contributed by atoms with E-state index < -0.39 is 11.6 Å². The average Bonchev–Trinajstić information content (AvgIpc) is 3.28. The number of nitrogens with zero attached hydrogens (tertiary/aromatic N) is 1. The molecule has 1 saturated heterocycles. The Balaban J connectivity index is 1.40. The molecule has 0 aliphatic carbocycles. The zero-order valence-corrected chi connectivity index (χ0v) is 20.0. The van der Waals surface area contributed by atoms with Crippen molar-refractivity contribution in [2.24, 2.45) is 0 Å². The molecule has 0 radical (unpaired) electrons. The van der Waals surface area contributed by atoms with Crippen molar-refractivity contribution in [2.75, 3.05) is 33.4 Å². The Bertz CT molecular complexity index is 1080. The lowest BCUT2D eigenvalue weighted by Crippen LogP contribution is -2.54. The van der Waals surface area contributed by atoms with E-state index in [2.05, 4.69) is 7.05 Å². The van der Waals surface area contributed by atoms with Gasteiger partial charge in [0.05, 0.1) is 19.2 Å². The molecule has 6 nitrogen and oxygen atoms in total. The topological polar surface area (TPSA) is 75.7 Å². The van der Waals surface area contributed by atoms with Gasteiger partial charge in [-0.15, -0.1) is 0 Å². The van der Waals surface area contributed by atoms with Crippen LogP contribution >= 0.6 is 0 Å². The molecule has 2 atom stereocenters. The molecule has 3 aromatic rings. The van der Waals surface area contributed by atoms with Crippen LogP contribution in [0.5, 0.6) is 0 Å². The molecule has 0 N–H and O–H groups in total. The first-order valence-electron chi connectivity index (χ1n) is 12.0. The van der Waals surface area contributed by atoms with Crippen molar-refractivity contribution in [3.63, 3.8) is 0 Å². The van der Waals surface area contributed by atoms with Gasteiger partial charge in [0.15, 0.2) is 0 Å². The minimum Gasteiger partial charge on any atom is -0.834 e. The van der Waals surface area contributed by atoms with Gasteiger partial charge in [0.2, 0.25) is 0 Å². The van der Waals surface area contributed by atoms with Crippen molar-refractivity contribution < 1.29 is 28.7 Å². The highest BCUT2D eigenvalue weighted by Gasteiger charge is 2.40. The minimum absolute atomic E-state index is 0.0326. The van der Waals surface area contributed by atoms with Crippen molar-refractivity contribution in [2.45, 2.75) is 24.5 Å². The summed E-state index contributed by atoms with van der Waals surface area (Å²) in [5, 5.41) is 14.0. The Kier molecular flexibility index (Phi) is 7.63. The largest absolute Gasteiger partial charge is 0.834 e. The monoisotopic (exact) mass is 473 g/mol. The molecule has 182 valence electrons. The predicted molar refractivity (Wildman–Crippen MR) is 130 cm³/mol. The van der Waals surface area contributed by atoms with Crippen molar-refractivity contribution >= 4 is 11.9 Å². The Morgan fingerprint density at radius 1 is 0.886 bits per heavy atom. The summed E-state index contributed by atoms with van der Waals surface area (Å²) < 4.78 is 11.8. The molecule has 6 heteroatoms. The van der Waals surface area contributed by atoms with Crippen molar-refractivity contribution in [3.05, 3.63) is 108 Å². The smallest absolute Gasteiger partial charge is 0.338 e.